The normalized spacial score (nSPS) is 11.2. The third-order valence-corrected chi connectivity index (χ3v) is 2.84. The molecule has 0 atom stereocenters. The number of carbonyl (C=O) groups excluding carboxylic acids is 1. The quantitative estimate of drug-likeness (QED) is 0.868. The first-order valence-corrected chi connectivity index (χ1v) is 6.14. The van der Waals surface area contributed by atoms with E-state index in [0.29, 0.717) is 17.3 Å². The second-order valence-corrected chi connectivity index (χ2v) is 4.60. The molecule has 2 aromatic heterocycles. The second kappa shape index (κ2) is 4.94. The van der Waals surface area contributed by atoms with Crippen molar-refractivity contribution in [2.45, 2.75) is 26.7 Å². The molecule has 0 saturated carbocycles. The Morgan fingerprint density at radius 1 is 1.56 bits per heavy atom. The standard InChI is InChI=1S/C12H14ClN3O2/c1-4-18-12(17)8-5-7(13)9-10(6(2)3)15-16-11(9)14-8/h5-6H,4H2,1-3H3,(H,14,15,16). The van der Waals surface area contributed by atoms with Gasteiger partial charge in [-0.25, -0.2) is 9.78 Å². The van der Waals surface area contributed by atoms with Crippen LogP contribution in [0.4, 0.5) is 0 Å². The number of halogens is 1. The third kappa shape index (κ3) is 2.18. The number of hydrogen-bond donors (Lipinski definition) is 1. The number of esters is 1. The number of pyridine rings is 1. The fourth-order valence-electron chi connectivity index (χ4n) is 1.73. The van der Waals surface area contributed by atoms with Gasteiger partial charge in [-0.3, -0.25) is 5.10 Å². The molecule has 2 aromatic rings. The number of aromatic nitrogens is 3. The van der Waals surface area contributed by atoms with Gasteiger partial charge >= 0.3 is 5.97 Å². The molecule has 0 saturated heterocycles. The zero-order valence-electron chi connectivity index (χ0n) is 10.5. The summed E-state index contributed by atoms with van der Waals surface area (Å²) in [5, 5.41) is 8.19. The van der Waals surface area contributed by atoms with Crippen molar-refractivity contribution in [1.29, 1.82) is 0 Å². The van der Waals surface area contributed by atoms with Gasteiger partial charge in [0.2, 0.25) is 0 Å². The summed E-state index contributed by atoms with van der Waals surface area (Å²) in [5.41, 5.74) is 1.54. The lowest BCUT2D eigenvalue weighted by molar-refractivity contribution is 0.0520. The van der Waals surface area contributed by atoms with E-state index in [1.54, 1.807) is 6.92 Å². The maximum Gasteiger partial charge on any atom is 0.357 e. The van der Waals surface area contributed by atoms with Crippen LogP contribution in [0.5, 0.6) is 0 Å². The highest BCUT2D eigenvalue weighted by Crippen LogP contribution is 2.29. The summed E-state index contributed by atoms with van der Waals surface area (Å²) < 4.78 is 4.89. The Kier molecular flexibility index (Phi) is 3.52. The molecule has 0 unspecified atom stereocenters. The van der Waals surface area contributed by atoms with Crippen LogP contribution in [-0.4, -0.2) is 27.8 Å². The van der Waals surface area contributed by atoms with Crippen LogP contribution in [0.15, 0.2) is 6.07 Å². The highest BCUT2D eigenvalue weighted by molar-refractivity contribution is 6.35. The molecule has 18 heavy (non-hydrogen) atoms. The van der Waals surface area contributed by atoms with Gasteiger partial charge in [-0.1, -0.05) is 25.4 Å². The number of carbonyl (C=O) groups is 1. The van der Waals surface area contributed by atoms with Crippen LogP contribution in [0.3, 0.4) is 0 Å². The van der Waals surface area contributed by atoms with Crippen molar-refractivity contribution in [3.8, 4) is 0 Å². The monoisotopic (exact) mass is 267 g/mol. The molecule has 1 N–H and O–H groups in total. The van der Waals surface area contributed by atoms with Crippen LogP contribution in [0.2, 0.25) is 5.02 Å². The molecule has 0 amide bonds. The fourth-order valence-corrected chi connectivity index (χ4v) is 2.02. The van der Waals surface area contributed by atoms with E-state index in [0.717, 1.165) is 11.1 Å². The average molecular weight is 268 g/mol. The van der Waals surface area contributed by atoms with Crippen LogP contribution in [-0.2, 0) is 4.74 Å². The lowest BCUT2D eigenvalue weighted by atomic mass is 10.1. The summed E-state index contributed by atoms with van der Waals surface area (Å²) in [6.07, 6.45) is 0. The minimum Gasteiger partial charge on any atom is -0.461 e. The number of rotatable bonds is 3. The second-order valence-electron chi connectivity index (χ2n) is 4.20. The Balaban J connectivity index is 2.55. The number of nitrogens with zero attached hydrogens (tertiary/aromatic N) is 2. The van der Waals surface area contributed by atoms with Gasteiger partial charge in [-0.2, -0.15) is 5.10 Å². The largest absolute Gasteiger partial charge is 0.461 e. The molecule has 2 heterocycles. The molecule has 0 spiro atoms. The molecule has 0 aliphatic rings. The number of nitrogens with one attached hydrogen (secondary N) is 1. The Morgan fingerprint density at radius 3 is 2.89 bits per heavy atom. The van der Waals surface area contributed by atoms with Crippen LogP contribution < -0.4 is 0 Å². The number of aromatic amines is 1. The van der Waals surface area contributed by atoms with E-state index >= 15 is 0 Å². The number of hydrogen-bond acceptors (Lipinski definition) is 4. The molecule has 0 radical (unpaired) electrons. The van der Waals surface area contributed by atoms with Gasteiger partial charge in [-0.15, -0.1) is 0 Å². The van der Waals surface area contributed by atoms with Gasteiger partial charge in [-0.05, 0) is 18.9 Å². The maximum atomic E-state index is 11.6. The van der Waals surface area contributed by atoms with E-state index in [1.807, 2.05) is 13.8 Å². The first-order chi connectivity index (χ1) is 8.54. The van der Waals surface area contributed by atoms with Gasteiger partial charge < -0.3 is 4.74 Å². The smallest absolute Gasteiger partial charge is 0.357 e. The zero-order chi connectivity index (χ0) is 13.3. The van der Waals surface area contributed by atoms with E-state index < -0.39 is 5.97 Å². The summed E-state index contributed by atoms with van der Waals surface area (Å²) in [6, 6.07) is 1.52. The summed E-state index contributed by atoms with van der Waals surface area (Å²) in [5.74, 6) is -0.256. The average Bonchev–Trinajstić information content (AvgIpc) is 2.73. The predicted molar refractivity (Wildman–Crippen MR) is 68.9 cm³/mol. The van der Waals surface area contributed by atoms with Crippen LogP contribution in [0, 0.1) is 0 Å². The lowest BCUT2D eigenvalue weighted by Gasteiger charge is -2.04. The topological polar surface area (TPSA) is 67.9 Å². The Morgan fingerprint density at radius 2 is 2.28 bits per heavy atom. The highest BCUT2D eigenvalue weighted by Gasteiger charge is 2.18. The van der Waals surface area contributed by atoms with Crippen molar-refractivity contribution in [3.05, 3.63) is 22.5 Å². The van der Waals surface area contributed by atoms with Crippen molar-refractivity contribution >= 4 is 28.6 Å². The number of fused-ring (bicyclic) bond motifs is 1. The van der Waals surface area contributed by atoms with Crippen LogP contribution in [0.25, 0.3) is 11.0 Å². The lowest BCUT2D eigenvalue weighted by Crippen LogP contribution is -2.07. The van der Waals surface area contributed by atoms with E-state index in [4.69, 9.17) is 16.3 Å². The van der Waals surface area contributed by atoms with Gasteiger partial charge in [0, 0.05) is 0 Å². The van der Waals surface area contributed by atoms with Crippen molar-refractivity contribution < 1.29 is 9.53 Å². The summed E-state index contributed by atoms with van der Waals surface area (Å²) in [6.45, 7) is 6.08. The SMILES string of the molecule is CCOC(=O)c1cc(Cl)c2c(C(C)C)n[nH]c2n1. The summed E-state index contributed by atoms with van der Waals surface area (Å²) in [7, 11) is 0. The molecule has 5 nitrogen and oxygen atoms in total. The molecule has 0 aliphatic heterocycles. The van der Waals surface area contributed by atoms with Crippen molar-refractivity contribution in [2.75, 3.05) is 6.61 Å². The zero-order valence-corrected chi connectivity index (χ0v) is 11.2. The van der Waals surface area contributed by atoms with E-state index in [2.05, 4.69) is 15.2 Å². The molecule has 0 aliphatic carbocycles. The first-order valence-electron chi connectivity index (χ1n) is 5.76. The molecular weight excluding hydrogens is 254 g/mol. The van der Waals surface area contributed by atoms with E-state index in [1.165, 1.54) is 6.07 Å². The van der Waals surface area contributed by atoms with Crippen molar-refractivity contribution in [1.82, 2.24) is 15.2 Å². The molecule has 0 bridgehead atoms. The Labute approximate surface area is 109 Å². The highest BCUT2D eigenvalue weighted by atomic mass is 35.5. The minimum atomic E-state index is -0.484. The number of ether oxygens (including phenoxy) is 1. The van der Waals surface area contributed by atoms with Crippen molar-refractivity contribution in [3.63, 3.8) is 0 Å². The Bertz CT molecular complexity index is 592. The van der Waals surface area contributed by atoms with Crippen LogP contribution >= 0.6 is 11.6 Å². The van der Waals surface area contributed by atoms with E-state index in [9.17, 15) is 4.79 Å². The first kappa shape index (κ1) is 12.8. The molecule has 96 valence electrons. The summed E-state index contributed by atoms with van der Waals surface area (Å²) in [4.78, 5) is 15.8. The van der Waals surface area contributed by atoms with Gasteiger partial charge in [0.05, 0.1) is 22.7 Å². The molecule has 2 rings (SSSR count). The Hall–Kier alpha value is -1.62. The summed E-state index contributed by atoms with van der Waals surface area (Å²) >= 11 is 6.19. The predicted octanol–water partition coefficient (Wildman–Crippen LogP) is 2.91. The third-order valence-electron chi connectivity index (χ3n) is 2.54. The molecular formula is C12H14ClN3O2. The number of H-pyrrole nitrogens is 1. The van der Waals surface area contributed by atoms with Gasteiger partial charge in [0.15, 0.2) is 11.3 Å². The van der Waals surface area contributed by atoms with E-state index in [-0.39, 0.29) is 11.6 Å². The molecule has 0 aromatic carbocycles. The van der Waals surface area contributed by atoms with Crippen molar-refractivity contribution in [2.24, 2.45) is 0 Å². The van der Waals surface area contributed by atoms with Crippen LogP contribution in [0.1, 0.15) is 42.9 Å². The molecule has 0 fully saturated rings. The van der Waals surface area contributed by atoms with Gasteiger partial charge in [0.25, 0.3) is 0 Å². The maximum absolute atomic E-state index is 11.6. The molecule has 6 heteroatoms. The minimum absolute atomic E-state index is 0.188. The van der Waals surface area contributed by atoms with Gasteiger partial charge in [0.1, 0.15) is 0 Å². The fraction of sp³-hybridized carbons (Fsp3) is 0.417.